The molecule has 0 saturated heterocycles. The predicted octanol–water partition coefficient (Wildman–Crippen LogP) is 1.70. The zero-order chi connectivity index (χ0) is 13.1. The summed E-state index contributed by atoms with van der Waals surface area (Å²) in [5.41, 5.74) is 0.239. The van der Waals surface area contributed by atoms with Crippen LogP contribution in [0.4, 0.5) is 0 Å². The van der Waals surface area contributed by atoms with E-state index >= 15 is 0 Å². The van der Waals surface area contributed by atoms with Crippen LogP contribution in [0.5, 0.6) is 0 Å². The Bertz CT molecular complexity index is 473. The van der Waals surface area contributed by atoms with E-state index in [1.54, 1.807) is 0 Å². The summed E-state index contributed by atoms with van der Waals surface area (Å²) in [5, 5.41) is 11.8. The molecule has 1 fully saturated rings. The number of amides is 1. The minimum Gasteiger partial charge on any atom is -0.478 e. The van der Waals surface area contributed by atoms with Gasteiger partial charge < -0.3 is 10.4 Å². The van der Waals surface area contributed by atoms with E-state index in [1.165, 1.54) is 18.3 Å². The number of aromatic carboxylic acids is 1. The van der Waals surface area contributed by atoms with Gasteiger partial charge in [-0.3, -0.25) is 9.78 Å². The van der Waals surface area contributed by atoms with Crippen molar-refractivity contribution in [2.24, 2.45) is 5.92 Å². The molecule has 2 N–H and O–H groups in total. The Morgan fingerprint density at radius 1 is 1.44 bits per heavy atom. The van der Waals surface area contributed by atoms with Gasteiger partial charge in [0.2, 0.25) is 0 Å². The molecule has 0 radical (unpaired) electrons. The van der Waals surface area contributed by atoms with Gasteiger partial charge in [-0.2, -0.15) is 0 Å². The molecule has 1 heterocycles. The Morgan fingerprint density at radius 2 is 2.22 bits per heavy atom. The van der Waals surface area contributed by atoms with Crippen molar-refractivity contribution in [1.29, 1.82) is 0 Å². The van der Waals surface area contributed by atoms with Crippen molar-refractivity contribution in [1.82, 2.24) is 10.3 Å². The molecule has 1 aromatic heterocycles. The fraction of sp³-hybridized carbons (Fsp3) is 0.462. The highest BCUT2D eigenvalue weighted by atomic mass is 16.4. The molecule has 0 bridgehead atoms. The van der Waals surface area contributed by atoms with Crippen LogP contribution in [0.25, 0.3) is 0 Å². The zero-order valence-electron chi connectivity index (χ0n) is 10.2. The number of carbonyl (C=O) groups excluding carboxylic acids is 1. The highest BCUT2D eigenvalue weighted by Gasteiger charge is 2.25. The topological polar surface area (TPSA) is 79.3 Å². The van der Waals surface area contributed by atoms with Gasteiger partial charge >= 0.3 is 5.97 Å². The molecule has 1 amide bonds. The van der Waals surface area contributed by atoms with Crippen LogP contribution in [-0.4, -0.2) is 28.0 Å². The van der Waals surface area contributed by atoms with Gasteiger partial charge in [-0.25, -0.2) is 4.79 Å². The number of hydrogen-bond donors (Lipinski definition) is 2. The largest absolute Gasteiger partial charge is 0.478 e. The smallest absolute Gasteiger partial charge is 0.335 e. The van der Waals surface area contributed by atoms with Crippen molar-refractivity contribution >= 4 is 11.9 Å². The molecule has 5 nitrogen and oxygen atoms in total. The first-order chi connectivity index (χ1) is 8.58. The Morgan fingerprint density at radius 3 is 2.83 bits per heavy atom. The summed E-state index contributed by atoms with van der Waals surface area (Å²) < 4.78 is 0. The van der Waals surface area contributed by atoms with E-state index in [2.05, 4.69) is 17.2 Å². The fourth-order valence-corrected chi connectivity index (χ4v) is 2.29. The number of pyridine rings is 1. The van der Waals surface area contributed by atoms with Gasteiger partial charge in [-0.05, 0) is 30.9 Å². The molecular weight excluding hydrogens is 232 g/mol. The molecule has 0 aliphatic heterocycles. The SMILES string of the molecule is CC1CCCC1NC(=O)c1cc(C(=O)O)ccn1. The standard InChI is InChI=1S/C13H16N2O3/c1-8-3-2-4-10(8)15-12(16)11-7-9(13(17)18)5-6-14-11/h5-8,10H,2-4H2,1H3,(H,15,16)(H,17,18). The van der Waals surface area contributed by atoms with E-state index in [-0.39, 0.29) is 23.2 Å². The molecule has 5 heteroatoms. The number of carbonyl (C=O) groups is 2. The van der Waals surface area contributed by atoms with E-state index in [4.69, 9.17) is 5.11 Å². The van der Waals surface area contributed by atoms with E-state index < -0.39 is 5.97 Å². The Hall–Kier alpha value is -1.91. The van der Waals surface area contributed by atoms with E-state index in [0.717, 1.165) is 19.3 Å². The molecule has 2 unspecified atom stereocenters. The number of nitrogens with one attached hydrogen (secondary N) is 1. The number of hydrogen-bond acceptors (Lipinski definition) is 3. The maximum Gasteiger partial charge on any atom is 0.335 e. The van der Waals surface area contributed by atoms with Gasteiger partial charge in [0.1, 0.15) is 5.69 Å². The van der Waals surface area contributed by atoms with Crippen molar-refractivity contribution < 1.29 is 14.7 Å². The Labute approximate surface area is 105 Å². The number of aromatic nitrogens is 1. The molecule has 18 heavy (non-hydrogen) atoms. The Kier molecular flexibility index (Phi) is 3.60. The van der Waals surface area contributed by atoms with Crippen LogP contribution in [0.15, 0.2) is 18.3 Å². The lowest BCUT2D eigenvalue weighted by molar-refractivity contribution is 0.0696. The van der Waals surface area contributed by atoms with Crippen molar-refractivity contribution in [2.75, 3.05) is 0 Å². The number of carboxylic acid groups (broad SMARTS) is 1. The first-order valence-electron chi connectivity index (χ1n) is 6.08. The number of rotatable bonds is 3. The van der Waals surface area contributed by atoms with E-state index in [1.807, 2.05) is 0 Å². The van der Waals surface area contributed by atoms with Crippen LogP contribution in [0.2, 0.25) is 0 Å². The third kappa shape index (κ3) is 2.67. The van der Waals surface area contributed by atoms with Crippen LogP contribution >= 0.6 is 0 Å². The average molecular weight is 248 g/mol. The van der Waals surface area contributed by atoms with Crippen molar-refractivity contribution in [3.8, 4) is 0 Å². The highest BCUT2D eigenvalue weighted by Crippen LogP contribution is 2.24. The lowest BCUT2D eigenvalue weighted by Crippen LogP contribution is -2.36. The molecule has 1 saturated carbocycles. The maximum absolute atomic E-state index is 12.0. The van der Waals surface area contributed by atoms with Crippen molar-refractivity contribution in [3.05, 3.63) is 29.6 Å². The molecular formula is C13H16N2O3. The maximum atomic E-state index is 12.0. The zero-order valence-corrected chi connectivity index (χ0v) is 10.2. The summed E-state index contributed by atoms with van der Waals surface area (Å²) in [6, 6.07) is 2.85. The van der Waals surface area contributed by atoms with Crippen LogP contribution in [0.3, 0.4) is 0 Å². The summed E-state index contributed by atoms with van der Waals surface area (Å²) in [6.07, 6.45) is 4.56. The molecule has 2 rings (SSSR count). The first kappa shape index (κ1) is 12.5. The molecule has 1 aliphatic carbocycles. The monoisotopic (exact) mass is 248 g/mol. The fourth-order valence-electron chi connectivity index (χ4n) is 2.29. The number of nitrogens with zero attached hydrogens (tertiary/aromatic N) is 1. The van der Waals surface area contributed by atoms with E-state index in [9.17, 15) is 9.59 Å². The van der Waals surface area contributed by atoms with Gasteiger partial charge in [0, 0.05) is 12.2 Å². The summed E-state index contributed by atoms with van der Waals surface area (Å²) in [6.45, 7) is 2.11. The van der Waals surface area contributed by atoms with Crippen LogP contribution < -0.4 is 5.32 Å². The first-order valence-corrected chi connectivity index (χ1v) is 6.08. The predicted molar refractivity (Wildman–Crippen MR) is 65.5 cm³/mol. The summed E-state index contributed by atoms with van der Waals surface area (Å²) >= 11 is 0. The second-order valence-corrected chi connectivity index (χ2v) is 4.72. The third-order valence-corrected chi connectivity index (χ3v) is 3.42. The lowest BCUT2D eigenvalue weighted by atomic mass is 10.1. The minimum atomic E-state index is -1.05. The Balaban J connectivity index is 2.09. The summed E-state index contributed by atoms with van der Waals surface area (Å²) in [7, 11) is 0. The van der Waals surface area contributed by atoms with Crippen LogP contribution in [0, 0.1) is 5.92 Å². The van der Waals surface area contributed by atoms with Gasteiger partial charge in [-0.1, -0.05) is 13.3 Å². The normalized spacial score (nSPS) is 22.7. The van der Waals surface area contributed by atoms with E-state index in [0.29, 0.717) is 5.92 Å². The molecule has 1 aliphatic rings. The quantitative estimate of drug-likeness (QED) is 0.853. The van der Waals surface area contributed by atoms with Crippen LogP contribution in [0.1, 0.15) is 47.0 Å². The van der Waals surface area contributed by atoms with Gasteiger partial charge in [-0.15, -0.1) is 0 Å². The van der Waals surface area contributed by atoms with Gasteiger partial charge in [0.05, 0.1) is 5.56 Å². The summed E-state index contributed by atoms with van der Waals surface area (Å²) in [4.78, 5) is 26.7. The lowest BCUT2D eigenvalue weighted by Gasteiger charge is -2.16. The second-order valence-electron chi connectivity index (χ2n) is 4.72. The molecule has 2 atom stereocenters. The van der Waals surface area contributed by atoms with Gasteiger partial charge in [0.25, 0.3) is 5.91 Å². The number of carboxylic acids is 1. The third-order valence-electron chi connectivity index (χ3n) is 3.42. The molecule has 96 valence electrons. The van der Waals surface area contributed by atoms with Crippen molar-refractivity contribution in [2.45, 2.75) is 32.2 Å². The average Bonchev–Trinajstić information content (AvgIpc) is 2.75. The molecule has 0 aromatic carbocycles. The summed E-state index contributed by atoms with van der Waals surface area (Å²) in [5.74, 6) is -0.880. The highest BCUT2D eigenvalue weighted by molar-refractivity contribution is 5.95. The van der Waals surface area contributed by atoms with Gasteiger partial charge in [0.15, 0.2) is 0 Å². The molecule has 1 aromatic rings. The second kappa shape index (κ2) is 5.16. The van der Waals surface area contributed by atoms with Crippen LogP contribution in [-0.2, 0) is 0 Å². The van der Waals surface area contributed by atoms with Crippen molar-refractivity contribution in [3.63, 3.8) is 0 Å². The molecule has 0 spiro atoms. The minimum absolute atomic E-state index is 0.0784.